The van der Waals surface area contributed by atoms with Crippen molar-refractivity contribution < 1.29 is 4.79 Å². The van der Waals surface area contributed by atoms with Crippen LogP contribution in [-0.2, 0) is 11.2 Å². The number of rotatable bonds is 5. The van der Waals surface area contributed by atoms with Crippen molar-refractivity contribution in [1.29, 1.82) is 5.26 Å². The van der Waals surface area contributed by atoms with E-state index in [4.69, 9.17) is 0 Å². The van der Waals surface area contributed by atoms with Gasteiger partial charge in [-0.05, 0) is 37.3 Å². The van der Waals surface area contributed by atoms with E-state index in [-0.39, 0.29) is 11.5 Å². The predicted molar refractivity (Wildman–Crippen MR) is 97.5 cm³/mol. The van der Waals surface area contributed by atoms with Crippen LogP contribution < -0.4 is 5.32 Å². The van der Waals surface area contributed by atoms with Gasteiger partial charge < -0.3 is 10.2 Å². The second kappa shape index (κ2) is 8.54. The Labute approximate surface area is 145 Å². The van der Waals surface area contributed by atoms with E-state index in [1.807, 2.05) is 37.1 Å². The molecule has 4 nitrogen and oxygen atoms in total. The second-order valence-electron chi connectivity index (χ2n) is 6.53. The van der Waals surface area contributed by atoms with Crippen molar-refractivity contribution in [2.75, 3.05) is 12.4 Å². The van der Waals surface area contributed by atoms with E-state index in [9.17, 15) is 10.1 Å². The van der Waals surface area contributed by atoms with Gasteiger partial charge in [0.05, 0.1) is 0 Å². The summed E-state index contributed by atoms with van der Waals surface area (Å²) in [7, 11) is 1.96. The molecule has 1 N–H and O–H groups in total. The standard InChI is InChI=1S/C20H27N3O/c1-4-16-10-8-9-15(2)19(16)22-20(24)17(13-21)14-23(3)18-11-6-5-7-12-18/h8-10,14,18H,4-7,11-12H2,1-3H3,(H,22,24)/b17-14-. The molecule has 0 atom stereocenters. The van der Waals surface area contributed by atoms with Crippen molar-refractivity contribution in [3.8, 4) is 6.07 Å². The average Bonchev–Trinajstić information content (AvgIpc) is 2.61. The number of amides is 1. The highest BCUT2D eigenvalue weighted by Crippen LogP contribution is 2.23. The zero-order chi connectivity index (χ0) is 17.5. The zero-order valence-corrected chi connectivity index (χ0v) is 14.9. The topological polar surface area (TPSA) is 56.1 Å². The SMILES string of the molecule is CCc1cccc(C)c1NC(=O)/C(C#N)=C\N(C)C1CCCCC1. The van der Waals surface area contributed by atoms with Gasteiger partial charge in [0.15, 0.2) is 0 Å². The molecule has 0 heterocycles. The number of anilines is 1. The number of nitrogens with one attached hydrogen (secondary N) is 1. The first-order valence-corrected chi connectivity index (χ1v) is 8.80. The van der Waals surface area contributed by atoms with Crippen LogP contribution in [0.1, 0.15) is 50.2 Å². The molecule has 1 aromatic rings. The number of para-hydroxylation sites is 1. The van der Waals surface area contributed by atoms with Gasteiger partial charge in [0.2, 0.25) is 0 Å². The van der Waals surface area contributed by atoms with Crippen LogP contribution in [0.2, 0.25) is 0 Å². The average molecular weight is 325 g/mol. The van der Waals surface area contributed by atoms with Crippen LogP contribution in [0.3, 0.4) is 0 Å². The van der Waals surface area contributed by atoms with Gasteiger partial charge in [-0.2, -0.15) is 5.26 Å². The van der Waals surface area contributed by atoms with Crippen molar-refractivity contribution >= 4 is 11.6 Å². The molecule has 0 radical (unpaired) electrons. The van der Waals surface area contributed by atoms with E-state index in [1.54, 1.807) is 6.20 Å². The van der Waals surface area contributed by atoms with E-state index < -0.39 is 0 Å². The summed E-state index contributed by atoms with van der Waals surface area (Å²) in [6, 6.07) is 8.45. The molecule has 0 bridgehead atoms. The zero-order valence-electron chi connectivity index (χ0n) is 14.9. The molecule has 4 heteroatoms. The number of carbonyl (C=O) groups is 1. The minimum atomic E-state index is -0.329. The molecular formula is C20H27N3O. The molecule has 1 amide bonds. The molecule has 0 saturated heterocycles. The first kappa shape index (κ1) is 18.1. The maximum Gasteiger partial charge on any atom is 0.267 e. The summed E-state index contributed by atoms with van der Waals surface area (Å²) in [4.78, 5) is 14.6. The van der Waals surface area contributed by atoms with Crippen molar-refractivity contribution in [2.45, 2.75) is 58.4 Å². The molecule has 0 aliphatic heterocycles. The number of benzene rings is 1. The molecule has 128 valence electrons. The van der Waals surface area contributed by atoms with Gasteiger partial charge in [-0.15, -0.1) is 0 Å². The van der Waals surface area contributed by atoms with E-state index in [1.165, 1.54) is 19.3 Å². The van der Waals surface area contributed by atoms with Gasteiger partial charge in [-0.25, -0.2) is 0 Å². The Bertz CT molecular complexity index is 651. The first-order valence-electron chi connectivity index (χ1n) is 8.80. The smallest absolute Gasteiger partial charge is 0.267 e. The summed E-state index contributed by atoms with van der Waals surface area (Å²) in [5.41, 5.74) is 3.08. The van der Waals surface area contributed by atoms with Crippen LogP contribution in [0.15, 0.2) is 30.0 Å². The highest BCUT2D eigenvalue weighted by molar-refractivity contribution is 6.07. The molecule has 1 saturated carbocycles. The van der Waals surface area contributed by atoms with Gasteiger partial charge in [0, 0.05) is 25.0 Å². The van der Waals surface area contributed by atoms with Crippen LogP contribution in [0.4, 0.5) is 5.69 Å². The first-order chi connectivity index (χ1) is 11.6. The fourth-order valence-corrected chi connectivity index (χ4v) is 3.32. The number of hydrogen-bond donors (Lipinski definition) is 1. The van der Waals surface area contributed by atoms with E-state index in [2.05, 4.69) is 18.3 Å². The third-order valence-electron chi connectivity index (χ3n) is 4.83. The van der Waals surface area contributed by atoms with Crippen LogP contribution in [-0.4, -0.2) is 23.9 Å². The Hall–Kier alpha value is -2.28. The summed E-state index contributed by atoms with van der Waals surface area (Å²) in [6.45, 7) is 4.03. The Morgan fingerprint density at radius 2 is 2.08 bits per heavy atom. The Morgan fingerprint density at radius 3 is 2.71 bits per heavy atom. The lowest BCUT2D eigenvalue weighted by Gasteiger charge is -2.30. The van der Waals surface area contributed by atoms with Crippen molar-refractivity contribution in [2.24, 2.45) is 0 Å². The summed E-state index contributed by atoms with van der Waals surface area (Å²) >= 11 is 0. The van der Waals surface area contributed by atoms with Crippen molar-refractivity contribution in [1.82, 2.24) is 4.90 Å². The lowest BCUT2D eigenvalue weighted by Crippen LogP contribution is -2.30. The van der Waals surface area contributed by atoms with Gasteiger partial charge in [0.25, 0.3) is 5.91 Å². The van der Waals surface area contributed by atoms with Crippen LogP contribution in [0.25, 0.3) is 0 Å². The number of nitrogens with zero attached hydrogens (tertiary/aromatic N) is 2. The normalized spacial score (nSPS) is 15.7. The second-order valence-corrected chi connectivity index (χ2v) is 6.53. The molecule has 2 rings (SSSR count). The highest BCUT2D eigenvalue weighted by atomic mass is 16.1. The third-order valence-corrected chi connectivity index (χ3v) is 4.83. The monoisotopic (exact) mass is 325 g/mol. The van der Waals surface area contributed by atoms with Gasteiger partial charge >= 0.3 is 0 Å². The number of nitriles is 1. The Balaban J connectivity index is 2.14. The number of carbonyl (C=O) groups excluding carboxylic acids is 1. The van der Waals surface area contributed by atoms with Gasteiger partial charge in [-0.3, -0.25) is 4.79 Å². The summed E-state index contributed by atoms with van der Waals surface area (Å²) < 4.78 is 0. The molecule has 1 fully saturated rings. The molecule has 1 aromatic carbocycles. The third kappa shape index (κ3) is 4.38. The van der Waals surface area contributed by atoms with Crippen LogP contribution in [0, 0.1) is 18.3 Å². The number of aryl methyl sites for hydroxylation is 2. The minimum absolute atomic E-state index is 0.161. The lowest BCUT2D eigenvalue weighted by atomic mass is 9.94. The minimum Gasteiger partial charge on any atom is -0.376 e. The quantitative estimate of drug-likeness (QED) is 0.653. The molecule has 24 heavy (non-hydrogen) atoms. The van der Waals surface area contributed by atoms with Crippen molar-refractivity contribution in [3.63, 3.8) is 0 Å². The highest BCUT2D eigenvalue weighted by Gasteiger charge is 2.19. The Morgan fingerprint density at radius 1 is 1.38 bits per heavy atom. The molecule has 0 aromatic heterocycles. The maximum atomic E-state index is 12.6. The summed E-state index contributed by atoms with van der Waals surface area (Å²) in [6.07, 6.45) is 8.53. The van der Waals surface area contributed by atoms with E-state index in [0.29, 0.717) is 6.04 Å². The van der Waals surface area contributed by atoms with E-state index >= 15 is 0 Å². The van der Waals surface area contributed by atoms with Gasteiger partial charge in [0.1, 0.15) is 11.6 Å². The fraction of sp³-hybridized carbons (Fsp3) is 0.500. The van der Waals surface area contributed by atoms with Crippen LogP contribution >= 0.6 is 0 Å². The van der Waals surface area contributed by atoms with E-state index in [0.717, 1.165) is 36.1 Å². The van der Waals surface area contributed by atoms with Crippen molar-refractivity contribution in [3.05, 3.63) is 41.1 Å². The number of hydrogen-bond acceptors (Lipinski definition) is 3. The fourth-order valence-electron chi connectivity index (χ4n) is 3.32. The summed E-state index contributed by atoms with van der Waals surface area (Å²) in [5.74, 6) is -0.329. The molecule has 0 unspecified atom stereocenters. The molecular weight excluding hydrogens is 298 g/mol. The summed E-state index contributed by atoms with van der Waals surface area (Å²) in [5, 5.41) is 12.3. The largest absolute Gasteiger partial charge is 0.376 e. The predicted octanol–water partition coefficient (Wildman–Crippen LogP) is 4.17. The molecule has 1 aliphatic rings. The lowest BCUT2D eigenvalue weighted by molar-refractivity contribution is -0.112. The maximum absolute atomic E-state index is 12.6. The molecule has 1 aliphatic carbocycles. The van der Waals surface area contributed by atoms with Crippen LogP contribution in [0.5, 0.6) is 0 Å². The Kier molecular flexibility index (Phi) is 6.43. The molecule has 0 spiro atoms. The van der Waals surface area contributed by atoms with Gasteiger partial charge in [-0.1, -0.05) is 44.4 Å².